The van der Waals surface area contributed by atoms with Crippen molar-refractivity contribution in [2.24, 2.45) is 0 Å². The summed E-state index contributed by atoms with van der Waals surface area (Å²) >= 11 is 3.59. The number of aromatic nitrogens is 2. The minimum Gasteiger partial charge on any atom is -0.394 e. The van der Waals surface area contributed by atoms with Gasteiger partial charge in [0.2, 0.25) is 0 Å². The number of aliphatic hydroxyl groups is 1. The van der Waals surface area contributed by atoms with Crippen molar-refractivity contribution in [3.8, 4) is 0 Å². The highest BCUT2D eigenvalue weighted by Crippen LogP contribution is 2.32. The average molecular weight is 302 g/mol. The molecule has 0 bridgehead atoms. The number of nitrogens with zero attached hydrogens (tertiary/aromatic N) is 2. The van der Waals surface area contributed by atoms with Crippen LogP contribution in [0.3, 0.4) is 0 Å². The van der Waals surface area contributed by atoms with Gasteiger partial charge in [0.1, 0.15) is 0 Å². The molecule has 0 aliphatic heterocycles. The molecule has 17 heavy (non-hydrogen) atoms. The zero-order valence-electron chi connectivity index (χ0n) is 10.5. The first kappa shape index (κ1) is 13.1. The third-order valence-corrected chi connectivity index (χ3v) is 4.73. The van der Waals surface area contributed by atoms with Crippen LogP contribution in [0.15, 0.2) is 4.47 Å². The Morgan fingerprint density at radius 2 is 2.24 bits per heavy atom. The second-order valence-corrected chi connectivity index (χ2v) is 5.60. The van der Waals surface area contributed by atoms with Crippen LogP contribution in [-0.2, 0) is 13.1 Å². The summed E-state index contributed by atoms with van der Waals surface area (Å²) in [5.74, 6) is 0. The van der Waals surface area contributed by atoms with E-state index in [4.69, 9.17) is 0 Å². The van der Waals surface area contributed by atoms with E-state index in [2.05, 4.69) is 33.3 Å². The molecular formula is C12H20BrN3O. The molecule has 0 spiro atoms. The lowest BCUT2D eigenvalue weighted by Crippen LogP contribution is -2.53. The van der Waals surface area contributed by atoms with E-state index in [1.807, 2.05) is 11.6 Å². The molecule has 0 unspecified atom stereocenters. The quantitative estimate of drug-likeness (QED) is 0.874. The Hall–Kier alpha value is -0.390. The lowest BCUT2D eigenvalue weighted by Gasteiger charge is -2.41. The molecule has 1 aromatic heterocycles. The second kappa shape index (κ2) is 5.08. The highest BCUT2D eigenvalue weighted by atomic mass is 79.9. The van der Waals surface area contributed by atoms with E-state index >= 15 is 0 Å². The van der Waals surface area contributed by atoms with Gasteiger partial charge >= 0.3 is 0 Å². The normalized spacial score (nSPS) is 18.1. The first-order valence-electron chi connectivity index (χ1n) is 6.19. The van der Waals surface area contributed by atoms with Gasteiger partial charge in [-0.25, -0.2) is 0 Å². The van der Waals surface area contributed by atoms with Gasteiger partial charge in [0, 0.05) is 18.6 Å². The van der Waals surface area contributed by atoms with Gasteiger partial charge < -0.3 is 10.4 Å². The number of rotatable bonds is 5. The monoisotopic (exact) mass is 301 g/mol. The lowest BCUT2D eigenvalue weighted by molar-refractivity contribution is 0.0864. The summed E-state index contributed by atoms with van der Waals surface area (Å²) in [5, 5.41) is 17.4. The third kappa shape index (κ3) is 2.41. The molecule has 1 heterocycles. The van der Waals surface area contributed by atoms with Crippen LogP contribution in [0.25, 0.3) is 0 Å². The fourth-order valence-corrected chi connectivity index (χ4v) is 2.73. The van der Waals surface area contributed by atoms with Crippen LogP contribution in [0.4, 0.5) is 0 Å². The maximum Gasteiger partial charge on any atom is 0.0739 e. The predicted molar refractivity (Wildman–Crippen MR) is 70.8 cm³/mol. The van der Waals surface area contributed by atoms with Crippen LogP contribution in [0.5, 0.6) is 0 Å². The van der Waals surface area contributed by atoms with Gasteiger partial charge in [-0.1, -0.05) is 0 Å². The Balaban J connectivity index is 2.08. The van der Waals surface area contributed by atoms with E-state index in [9.17, 15) is 5.11 Å². The molecule has 96 valence electrons. The van der Waals surface area contributed by atoms with E-state index in [1.165, 1.54) is 12.1 Å². The van der Waals surface area contributed by atoms with Gasteiger partial charge in [-0.3, -0.25) is 4.68 Å². The van der Waals surface area contributed by atoms with Crippen molar-refractivity contribution in [1.82, 2.24) is 15.1 Å². The molecule has 1 aliphatic rings. The van der Waals surface area contributed by atoms with Crippen LogP contribution in [0, 0.1) is 6.92 Å². The van der Waals surface area contributed by atoms with Crippen LogP contribution < -0.4 is 5.32 Å². The third-order valence-electron chi connectivity index (χ3n) is 3.70. The van der Waals surface area contributed by atoms with Crippen molar-refractivity contribution < 1.29 is 5.11 Å². The summed E-state index contributed by atoms with van der Waals surface area (Å²) in [6.45, 7) is 5.95. The molecule has 0 saturated heterocycles. The lowest BCUT2D eigenvalue weighted by atomic mass is 9.77. The summed E-state index contributed by atoms with van der Waals surface area (Å²) in [5.41, 5.74) is 2.15. The van der Waals surface area contributed by atoms with Crippen molar-refractivity contribution in [1.29, 1.82) is 0 Å². The van der Waals surface area contributed by atoms with Crippen molar-refractivity contribution in [2.45, 2.75) is 51.7 Å². The maximum atomic E-state index is 9.42. The number of aliphatic hydroxyl groups excluding tert-OH is 1. The fourth-order valence-electron chi connectivity index (χ4n) is 2.30. The number of halogens is 1. The molecule has 4 nitrogen and oxygen atoms in total. The SMILES string of the molecule is CCn1nc(C)c(Br)c1CNC1(CO)CCC1. The molecule has 1 saturated carbocycles. The standard InChI is InChI=1S/C12H20BrN3O/c1-3-16-10(11(13)9(2)15-16)7-14-12(8-17)5-4-6-12/h14,17H,3-8H2,1-2H3. The molecular weight excluding hydrogens is 282 g/mol. The highest BCUT2D eigenvalue weighted by molar-refractivity contribution is 9.10. The van der Waals surface area contributed by atoms with Gasteiger partial charge in [-0.05, 0) is 49.0 Å². The number of nitrogens with one attached hydrogen (secondary N) is 1. The number of hydrogen-bond donors (Lipinski definition) is 2. The van der Waals surface area contributed by atoms with Crippen LogP contribution in [0.1, 0.15) is 37.6 Å². The van der Waals surface area contributed by atoms with Crippen molar-refractivity contribution in [2.75, 3.05) is 6.61 Å². The molecule has 0 amide bonds. The first-order chi connectivity index (χ1) is 8.12. The van der Waals surface area contributed by atoms with E-state index in [1.54, 1.807) is 0 Å². The van der Waals surface area contributed by atoms with Crippen LogP contribution >= 0.6 is 15.9 Å². The maximum absolute atomic E-state index is 9.42. The van der Waals surface area contributed by atoms with E-state index in [-0.39, 0.29) is 12.1 Å². The van der Waals surface area contributed by atoms with Gasteiger partial charge in [0.15, 0.2) is 0 Å². The van der Waals surface area contributed by atoms with Crippen molar-refractivity contribution in [3.05, 3.63) is 15.9 Å². The molecule has 5 heteroatoms. The Morgan fingerprint density at radius 3 is 2.71 bits per heavy atom. The summed E-state index contributed by atoms with van der Waals surface area (Å²) in [7, 11) is 0. The predicted octanol–water partition coefficient (Wildman–Crippen LogP) is 1.98. The Kier molecular flexibility index (Phi) is 3.90. The van der Waals surface area contributed by atoms with Crippen molar-refractivity contribution >= 4 is 15.9 Å². The molecule has 0 atom stereocenters. The van der Waals surface area contributed by atoms with Gasteiger partial charge in [0.05, 0.1) is 22.5 Å². The van der Waals surface area contributed by atoms with Gasteiger partial charge in [-0.2, -0.15) is 5.10 Å². The van der Waals surface area contributed by atoms with Crippen LogP contribution in [0.2, 0.25) is 0 Å². The first-order valence-corrected chi connectivity index (χ1v) is 6.99. The Bertz CT molecular complexity index is 393. The summed E-state index contributed by atoms with van der Waals surface area (Å²) in [4.78, 5) is 0. The minimum atomic E-state index is -0.0455. The largest absolute Gasteiger partial charge is 0.394 e. The van der Waals surface area contributed by atoms with Gasteiger partial charge in [-0.15, -0.1) is 0 Å². The topological polar surface area (TPSA) is 50.1 Å². The highest BCUT2D eigenvalue weighted by Gasteiger charge is 2.36. The summed E-state index contributed by atoms with van der Waals surface area (Å²) < 4.78 is 3.09. The van der Waals surface area contributed by atoms with Crippen molar-refractivity contribution in [3.63, 3.8) is 0 Å². The number of hydrogen-bond acceptors (Lipinski definition) is 3. The van der Waals surface area contributed by atoms with E-state index < -0.39 is 0 Å². The molecule has 2 rings (SSSR count). The molecule has 1 aromatic rings. The smallest absolute Gasteiger partial charge is 0.0739 e. The van der Waals surface area contributed by atoms with E-state index in [0.29, 0.717) is 0 Å². The zero-order valence-corrected chi connectivity index (χ0v) is 12.0. The average Bonchev–Trinajstić information content (AvgIpc) is 2.55. The van der Waals surface area contributed by atoms with E-state index in [0.717, 1.165) is 36.1 Å². The minimum absolute atomic E-state index is 0.0455. The Morgan fingerprint density at radius 1 is 1.53 bits per heavy atom. The molecule has 2 N–H and O–H groups in total. The summed E-state index contributed by atoms with van der Waals surface area (Å²) in [6, 6.07) is 0. The van der Waals surface area contributed by atoms with Gasteiger partial charge in [0.25, 0.3) is 0 Å². The summed E-state index contributed by atoms with van der Waals surface area (Å²) in [6.07, 6.45) is 3.35. The molecule has 0 radical (unpaired) electrons. The second-order valence-electron chi connectivity index (χ2n) is 4.81. The fraction of sp³-hybridized carbons (Fsp3) is 0.750. The molecule has 1 aliphatic carbocycles. The molecule has 1 fully saturated rings. The Labute approximate surface area is 111 Å². The number of aryl methyl sites for hydroxylation is 2. The van der Waals surface area contributed by atoms with Crippen LogP contribution in [-0.4, -0.2) is 27.0 Å². The molecule has 0 aromatic carbocycles. The zero-order chi connectivity index (χ0) is 12.5.